The van der Waals surface area contributed by atoms with Crippen molar-refractivity contribution >= 4 is 21.6 Å². The number of hydrogen-bond donors (Lipinski definition) is 1. The van der Waals surface area contributed by atoms with Crippen LogP contribution in [0, 0.1) is 10.1 Å². The second-order valence-corrected chi connectivity index (χ2v) is 5.68. The second-order valence-electron chi connectivity index (χ2n) is 4.83. The molecule has 5 nitrogen and oxygen atoms in total. The predicted octanol–water partition coefficient (Wildman–Crippen LogP) is 3.26. The summed E-state index contributed by atoms with van der Waals surface area (Å²) in [5, 5.41) is 13.9. The highest BCUT2D eigenvalue weighted by Gasteiger charge is 2.17. The molecule has 0 aromatic heterocycles. The van der Waals surface area contributed by atoms with Gasteiger partial charge in [0, 0.05) is 36.3 Å². The summed E-state index contributed by atoms with van der Waals surface area (Å²) in [5.41, 5.74) is 0.852. The van der Waals surface area contributed by atoms with Crippen molar-refractivity contribution < 1.29 is 9.66 Å². The van der Waals surface area contributed by atoms with Gasteiger partial charge in [-0.2, -0.15) is 0 Å². The van der Waals surface area contributed by atoms with E-state index in [4.69, 9.17) is 4.74 Å². The summed E-state index contributed by atoms with van der Waals surface area (Å²) in [6, 6.07) is 4.78. The first-order valence-corrected chi connectivity index (χ1v) is 6.92. The van der Waals surface area contributed by atoms with Crippen LogP contribution in [0.5, 0.6) is 0 Å². The first-order chi connectivity index (χ1) is 8.85. The molecule has 0 amide bonds. The molecule has 0 aliphatic heterocycles. The zero-order chi connectivity index (χ0) is 14.5. The summed E-state index contributed by atoms with van der Waals surface area (Å²) in [7, 11) is 0. The van der Waals surface area contributed by atoms with E-state index in [2.05, 4.69) is 21.2 Å². The molecule has 6 heteroatoms. The molecule has 1 N–H and O–H groups in total. The van der Waals surface area contributed by atoms with Crippen molar-refractivity contribution in [3.63, 3.8) is 0 Å². The number of benzene rings is 1. The largest absolute Gasteiger partial charge is 0.375 e. The van der Waals surface area contributed by atoms with Crippen LogP contribution in [0.2, 0.25) is 0 Å². The number of hydrogen-bond acceptors (Lipinski definition) is 4. The van der Waals surface area contributed by atoms with Gasteiger partial charge in [0.25, 0.3) is 5.69 Å². The standard InChI is InChI=1S/C13H19BrN2O3/c1-4-19-13(2,3)9-15-8-10-5-6-11(16(17)18)7-12(10)14/h5-7,15H,4,8-9H2,1-3H3. The zero-order valence-electron chi connectivity index (χ0n) is 11.4. The molecule has 0 unspecified atom stereocenters. The maximum absolute atomic E-state index is 10.6. The lowest BCUT2D eigenvalue weighted by atomic mass is 10.1. The van der Waals surface area contributed by atoms with E-state index < -0.39 is 4.92 Å². The Morgan fingerprint density at radius 3 is 2.68 bits per heavy atom. The molecule has 0 aliphatic rings. The minimum absolute atomic E-state index is 0.0882. The van der Waals surface area contributed by atoms with Gasteiger partial charge < -0.3 is 10.1 Å². The number of ether oxygens (including phenoxy) is 1. The molecule has 0 atom stereocenters. The lowest BCUT2D eigenvalue weighted by Crippen LogP contribution is -2.37. The Kier molecular flexibility index (Phi) is 5.90. The minimum atomic E-state index is -0.403. The minimum Gasteiger partial charge on any atom is -0.375 e. The normalized spacial score (nSPS) is 11.6. The summed E-state index contributed by atoms with van der Waals surface area (Å²) in [6.45, 7) is 8.03. The fourth-order valence-electron chi connectivity index (χ4n) is 1.73. The molecule has 0 saturated heterocycles. The first kappa shape index (κ1) is 16.1. The van der Waals surface area contributed by atoms with Gasteiger partial charge in [0.2, 0.25) is 0 Å². The summed E-state index contributed by atoms with van der Waals surface area (Å²) < 4.78 is 6.32. The quantitative estimate of drug-likeness (QED) is 0.615. The van der Waals surface area contributed by atoms with Crippen LogP contribution in [0.15, 0.2) is 22.7 Å². The van der Waals surface area contributed by atoms with E-state index in [9.17, 15) is 10.1 Å². The third-order valence-corrected chi connectivity index (χ3v) is 3.39. The Morgan fingerprint density at radius 1 is 1.47 bits per heavy atom. The van der Waals surface area contributed by atoms with Crippen molar-refractivity contribution in [2.75, 3.05) is 13.2 Å². The van der Waals surface area contributed by atoms with Crippen LogP contribution in [0.4, 0.5) is 5.69 Å². The van der Waals surface area contributed by atoms with Crippen LogP contribution in [0.1, 0.15) is 26.3 Å². The van der Waals surface area contributed by atoms with E-state index in [1.807, 2.05) is 20.8 Å². The van der Waals surface area contributed by atoms with E-state index in [0.29, 0.717) is 19.7 Å². The number of nitrogens with one attached hydrogen (secondary N) is 1. The number of nitro benzene ring substituents is 1. The third-order valence-electron chi connectivity index (χ3n) is 2.65. The average molecular weight is 331 g/mol. The van der Waals surface area contributed by atoms with E-state index >= 15 is 0 Å². The van der Waals surface area contributed by atoms with Crippen LogP contribution < -0.4 is 5.32 Å². The van der Waals surface area contributed by atoms with Gasteiger partial charge in [-0.25, -0.2) is 0 Å². The number of non-ortho nitro benzene ring substituents is 1. The molecule has 1 aromatic rings. The van der Waals surface area contributed by atoms with Gasteiger partial charge in [0.15, 0.2) is 0 Å². The molecule has 0 saturated carbocycles. The van der Waals surface area contributed by atoms with Crippen LogP contribution in [-0.2, 0) is 11.3 Å². The molecule has 0 fully saturated rings. The van der Waals surface area contributed by atoms with Gasteiger partial charge in [0.1, 0.15) is 0 Å². The molecule has 0 heterocycles. The first-order valence-electron chi connectivity index (χ1n) is 6.13. The number of nitrogens with zero attached hydrogens (tertiary/aromatic N) is 1. The molecule has 0 aliphatic carbocycles. The average Bonchev–Trinajstić information content (AvgIpc) is 2.30. The molecule has 19 heavy (non-hydrogen) atoms. The molecular weight excluding hydrogens is 312 g/mol. The summed E-state index contributed by atoms with van der Waals surface area (Å²) in [6.07, 6.45) is 0. The highest BCUT2D eigenvalue weighted by atomic mass is 79.9. The Bertz CT molecular complexity index is 450. The highest BCUT2D eigenvalue weighted by Crippen LogP contribution is 2.23. The molecule has 0 spiro atoms. The van der Waals surface area contributed by atoms with Gasteiger partial charge in [0.05, 0.1) is 10.5 Å². The summed E-state index contributed by atoms with van der Waals surface area (Å²) in [4.78, 5) is 10.2. The van der Waals surface area contributed by atoms with Crippen molar-refractivity contribution in [2.45, 2.75) is 32.9 Å². The maximum atomic E-state index is 10.6. The monoisotopic (exact) mass is 330 g/mol. The van der Waals surface area contributed by atoms with Crippen LogP contribution >= 0.6 is 15.9 Å². The predicted molar refractivity (Wildman–Crippen MR) is 78.2 cm³/mol. The second kappa shape index (κ2) is 6.98. The lowest BCUT2D eigenvalue weighted by molar-refractivity contribution is -0.384. The van der Waals surface area contributed by atoms with Crippen molar-refractivity contribution in [1.82, 2.24) is 5.32 Å². The van der Waals surface area contributed by atoms with Crippen molar-refractivity contribution in [3.05, 3.63) is 38.3 Å². The van der Waals surface area contributed by atoms with Crippen LogP contribution in [0.25, 0.3) is 0 Å². The Labute approximate surface area is 121 Å². The fourth-order valence-corrected chi connectivity index (χ4v) is 2.24. The number of rotatable bonds is 7. The number of halogens is 1. The molecule has 0 radical (unpaired) electrons. The summed E-state index contributed by atoms with van der Waals surface area (Å²) in [5.74, 6) is 0. The zero-order valence-corrected chi connectivity index (χ0v) is 13.0. The molecular formula is C13H19BrN2O3. The van der Waals surface area contributed by atoms with Gasteiger partial charge in [-0.1, -0.05) is 15.9 Å². The van der Waals surface area contributed by atoms with Crippen LogP contribution in [-0.4, -0.2) is 23.7 Å². The van der Waals surface area contributed by atoms with Crippen LogP contribution in [0.3, 0.4) is 0 Å². The maximum Gasteiger partial charge on any atom is 0.270 e. The molecule has 106 valence electrons. The van der Waals surface area contributed by atoms with Gasteiger partial charge in [-0.05, 0) is 32.4 Å². The molecule has 1 rings (SSSR count). The molecule has 1 aromatic carbocycles. The van der Waals surface area contributed by atoms with Crippen molar-refractivity contribution in [3.8, 4) is 0 Å². The lowest BCUT2D eigenvalue weighted by Gasteiger charge is -2.25. The topological polar surface area (TPSA) is 64.4 Å². The Morgan fingerprint density at radius 2 is 2.16 bits per heavy atom. The van der Waals surface area contributed by atoms with Crippen molar-refractivity contribution in [1.29, 1.82) is 0 Å². The fraction of sp³-hybridized carbons (Fsp3) is 0.538. The van der Waals surface area contributed by atoms with E-state index in [1.54, 1.807) is 6.07 Å². The summed E-state index contributed by atoms with van der Waals surface area (Å²) >= 11 is 3.35. The van der Waals surface area contributed by atoms with E-state index in [1.165, 1.54) is 12.1 Å². The van der Waals surface area contributed by atoms with E-state index in [-0.39, 0.29) is 11.3 Å². The third kappa shape index (κ3) is 5.26. The smallest absolute Gasteiger partial charge is 0.270 e. The Hall–Kier alpha value is -0.980. The SMILES string of the molecule is CCOC(C)(C)CNCc1ccc([N+](=O)[O-])cc1Br. The van der Waals surface area contributed by atoms with Gasteiger partial charge in [-0.15, -0.1) is 0 Å². The molecule has 0 bridgehead atoms. The van der Waals surface area contributed by atoms with Gasteiger partial charge >= 0.3 is 0 Å². The number of nitro groups is 1. The highest BCUT2D eigenvalue weighted by molar-refractivity contribution is 9.10. The van der Waals surface area contributed by atoms with Crippen molar-refractivity contribution in [2.24, 2.45) is 0 Å². The van der Waals surface area contributed by atoms with E-state index in [0.717, 1.165) is 10.0 Å². The Balaban J connectivity index is 2.57. The van der Waals surface area contributed by atoms with Gasteiger partial charge in [-0.3, -0.25) is 10.1 Å².